The fourth-order valence-electron chi connectivity index (χ4n) is 4.78. The molecule has 0 saturated heterocycles. The predicted octanol–water partition coefficient (Wildman–Crippen LogP) is 9.86. The minimum Gasteiger partial charge on any atom is -0.421 e. The van der Waals surface area contributed by atoms with Crippen LogP contribution in [0.15, 0.2) is 106 Å². The number of ether oxygens (including phenoxy) is 1. The molecular formula is C31H26I3O2S+. The molecule has 2 nitrogen and oxygen atoms in total. The van der Waals surface area contributed by atoms with E-state index in [2.05, 4.69) is 135 Å². The summed E-state index contributed by atoms with van der Waals surface area (Å²) >= 11 is 6.72. The highest BCUT2D eigenvalue weighted by atomic mass is 127. The summed E-state index contributed by atoms with van der Waals surface area (Å²) in [6.45, 7) is 0. The molecular weight excluding hydrogens is 817 g/mol. The van der Waals surface area contributed by atoms with Crippen LogP contribution in [0.3, 0.4) is 0 Å². The van der Waals surface area contributed by atoms with Crippen LogP contribution in [0.5, 0.6) is 5.75 Å². The molecule has 1 aliphatic rings. The molecule has 188 valence electrons. The summed E-state index contributed by atoms with van der Waals surface area (Å²) in [5.74, 6) is 0.989. The van der Waals surface area contributed by atoms with Gasteiger partial charge in [0.1, 0.15) is 0 Å². The van der Waals surface area contributed by atoms with Gasteiger partial charge in [-0.25, -0.2) is 4.79 Å². The molecule has 0 spiro atoms. The fraction of sp³-hybridized carbons (Fsp3) is 0.194. The molecule has 0 amide bonds. The summed E-state index contributed by atoms with van der Waals surface area (Å²) in [5.41, 5.74) is 2.02. The van der Waals surface area contributed by atoms with Crippen LogP contribution in [0.4, 0.5) is 0 Å². The number of carbonyl (C=O) groups excluding carboxylic acids is 1. The number of halogens is 3. The number of esters is 1. The zero-order valence-electron chi connectivity index (χ0n) is 20.1. The number of hydrogen-bond donors (Lipinski definition) is 0. The predicted molar refractivity (Wildman–Crippen MR) is 177 cm³/mol. The fourth-order valence-corrected chi connectivity index (χ4v) is 10.6. The van der Waals surface area contributed by atoms with Crippen LogP contribution >= 0.6 is 67.8 Å². The van der Waals surface area contributed by atoms with E-state index in [0.29, 0.717) is 17.2 Å². The van der Waals surface area contributed by atoms with Crippen molar-refractivity contribution < 1.29 is 9.53 Å². The van der Waals surface area contributed by atoms with Crippen molar-refractivity contribution in [1.29, 1.82) is 0 Å². The standard InChI is InChI=1S/C31H26I3O2S/c32-24-19-28(33)30(29(34)20-24)36-31(35)23-13-17-27(18-14-23)37(25-9-5-2-6-10-25)26-15-11-22(12-16-26)21-7-3-1-4-8-21/h2,5-6,9-21H,1,3-4,7-8H2/q+1. The molecule has 4 aromatic rings. The molecule has 1 atom stereocenters. The first-order valence-corrected chi connectivity index (χ1v) is 16.8. The van der Waals surface area contributed by atoms with Gasteiger partial charge in [-0.2, -0.15) is 0 Å². The molecule has 5 rings (SSSR count). The highest BCUT2D eigenvalue weighted by Gasteiger charge is 2.29. The smallest absolute Gasteiger partial charge is 0.343 e. The maximum atomic E-state index is 13.0. The molecule has 1 unspecified atom stereocenters. The zero-order valence-corrected chi connectivity index (χ0v) is 27.4. The Bertz CT molecular complexity index is 1340. The molecule has 0 aromatic heterocycles. The third-order valence-electron chi connectivity index (χ3n) is 6.65. The first-order chi connectivity index (χ1) is 18.0. The van der Waals surface area contributed by atoms with Crippen LogP contribution in [-0.4, -0.2) is 5.97 Å². The molecule has 0 heterocycles. The van der Waals surface area contributed by atoms with E-state index >= 15 is 0 Å². The Morgan fingerprint density at radius 1 is 0.703 bits per heavy atom. The Labute approximate surface area is 262 Å². The van der Waals surface area contributed by atoms with Crippen molar-refractivity contribution in [2.75, 3.05) is 0 Å². The Hall–Kier alpha value is -1.11. The topological polar surface area (TPSA) is 26.3 Å². The maximum absolute atomic E-state index is 13.0. The lowest BCUT2D eigenvalue weighted by molar-refractivity contribution is 0.0732. The number of rotatable bonds is 6. The summed E-state index contributed by atoms with van der Waals surface area (Å²) in [4.78, 5) is 16.7. The Morgan fingerprint density at radius 2 is 1.24 bits per heavy atom. The van der Waals surface area contributed by atoms with Crippen molar-refractivity contribution in [2.24, 2.45) is 0 Å². The van der Waals surface area contributed by atoms with Gasteiger partial charge in [0.15, 0.2) is 20.4 Å². The second-order valence-electron chi connectivity index (χ2n) is 9.14. The lowest BCUT2D eigenvalue weighted by atomic mass is 9.84. The molecule has 4 aromatic carbocycles. The summed E-state index contributed by atoms with van der Waals surface area (Å²) in [7, 11) is -0.253. The van der Waals surface area contributed by atoms with Gasteiger partial charge in [0.05, 0.1) is 23.6 Å². The summed E-state index contributed by atoms with van der Waals surface area (Å²) in [6, 6.07) is 31.9. The van der Waals surface area contributed by atoms with Crippen molar-refractivity contribution >= 4 is 84.6 Å². The van der Waals surface area contributed by atoms with Gasteiger partial charge in [-0.1, -0.05) is 49.6 Å². The van der Waals surface area contributed by atoms with Crippen LogP contribution in [-0.2, 0) is 10.9 Å². The van der Waals surface area contributed by atoms with Crippen molar-refractivity contribution in [3.8, 4) is 5.75 Å². The van der Waals surface area contributed by atoms with Gasteiger partial charge in [0.25, 0.3) is 0 Å². The molecule has 6 heteroatoms. The third kappa shape index (κ3) is 6.73. The largest absolute Gasteiger partial charge is 0.421 e. The van der Waals surface area contributed by atoms with Gasteiger partial charge in [-0.05, 0) is 153 Å². The van der Waals surface area contributed by atoms with Gasteiger partial charge in [-0.15, -0.1) is 0 Å². The highest BCUT2D eigenvalue weighted by Crippen LogP contribution is 2.36. The third-order valence-corrected chi connectivity index (χ3v) is 11.1. The molecule has 0 radical (unpaired) electrons. The van der Waals surface area contributed by atoms with Gasteiger partial charge in [0, 0.05) is 3.57 Å². The van der Waals surface area contributed by atoms with E-state index in [1.807, 2.05) is 24.3 Å². The Kier molecular flexibility index (Phi) is 9.52. The van der Waals surface area contributed by atoms with Crippen molar-refractivity contribution in [3.05, 3.63) is 113 Å². The summed E-state index contributed by atoms with van der Waals surface area (Å²) < 4.78 is 8.79. The second kappa shape index (κ2) is 12.8. The first-order valence-electron chi connectivity index (χ1n) is 12.4. The summed E-state index contributed by atoms with van der Waals surface area (Å²) in [6.07, 6.45) is 6.68. The van der Waals surface area contributed by atoms with Crippen LogP contribution in [0, 0.1) is 10.7 Å². The average molecular weight is 843 g/mol. The van der Waals surface area contributed by atoms with Gasteiger partial charge in [0.2, 0.25) is 0 Å². The molecule has 37 heavy (non-hydrogen) atoms. The normalized spacial score (nSPS) is 14.8. The van der Waals surface area contributed by atoms with Crippen molar-refractivity contribution in [2.45, 2.75) is 52.7 Å². The van der Waals surface area contributed by atoms with Crippen LogP contribution in [0.1, 0.15) is 53.9 Å². The van der Waals surface area contributed by atoms with E-state index in [4.69, 9.17) is 4.74 Å². The number of carbonyl (C=O) groups is 1. The lowest BCUT2D eigenvalue weighted by Crippen LogP contribution is -2.11. The average Bonchev–Trinajstić information content (AvgIpc) is 2.93. The molecule has 1 aliphatic carbocycles. The quantitative estimate of drug-likeness (QED) is 0.0837. The van der Waals surface area contributed by atoms with E-state index in [-0.39, 0.29) is 16.9 Å². The van der Waals surface area contributed by atoms with E-state index in [9.17, 15) is 4.79 Å². The van der Waals surface area contributed by atoms with Crippen LogP contribution in [0.2, 0.25) is 0 Å². The Morgan fingerprint density at radius 3 is 1.84 bits per heavy atom. The van der Waals surface area contributed by atoms with E-state index in [0.717, 1.165) is 10.7 Å². The second-order valence-corrected chi connectivity index (χ2v) is 14.7. The Balaban J connectivity index is 1.41. The van der Waals surface area contributed by atoms with Crippen LogP contribution < -0.4 is 4.74 Å². The van der Waals surface area contributed by atoms with Gasteiger partial charge >= 0.3 is 5.97 Å². The molecule has 0 aliphatic heterocycles. The van der Waals surface area contributed by atoms with Crippen molar-refractivity contribution in [3.63, 3.8) is 0 Å². The van der Waals surface area contributed by atoms with Gasteiger partial charge in [-0.3, -0.25) is 0 Å². The van der Waals surface area contributed by atoms with Crippen molar-refractivity contribution in [1.82, 2.24) is 0 Å². The maximum Gasteiger partial charge on any atom is 0.343 e. The summed E-state index contributed by atoms with van der Waals surface area (Å²) in [5, 5.41) is 0. The molecule has 1 saturated carbocycles. The van der Waals surface area contributed by atoms with E-state index in [1.54, 1.807) is 0 Å². The van der Waals surface area contributed by atoms with E-state index < -0.39 is 0 Å². The monoisotopic (exact) mass is 843 g/mol. The van der Waals surface area contributed by atoms with Crippen LogP contribution in [0.25, 0.3) is 0 Å². The SMILES string of the molecule is O=C(Oc1c(I)cc(I)cc1I)c1ccc([S+](c2ccccc2)c2ccc(C3CCCCC3)cc2)cc1. The molecule has 0 bridgehead atoms. The molecule has 1 fully saturated rings. The zero-order chi connectivity index (χ0) is 25.8. The van der Waals surface area contributed by atoms with E-state index in [1.165, 1.54) is 52.4 Å². The number of benzene rings is 4. The minimum atomic E-state index is -0.333. The molecule has 0 N–H and O–H groups in total. The minimum absolute atomic E-state index is 0.253. The highest BCUT2D eigenvalue weighted by molar-refractivity contribution is 14.1. The lowest BCUT2D eigenvalue weighted by Gasteiger charge is -2.22. The number of hydrogen-bond acceptors (Lipinski definition) is 2. The van der Waals surface area contributed by atoms with Gasteiger partial charge < -0.3 is 4.74 Å². The first kappa shape index (κ1) is 27.5.